The number of hydrogen-bond donors (Lipinski definition) is 1. The molecule has 6 nitrogen and oxygen atoms in total. The lowest BCUT2D eigenvalue weighted by atomic mass is 9.89. The van der Waals surface area contributed by atoms with Gasteiger partial charge in [0.25, 0.3) is 0 Å². The topological polar surface area (TPSA) is 75.7 Å². The molecular formula is C16H31ClN2O4S. The van der Waals surface area contributed by atoms with Crippen molar-refractivity contribution >= 4 is 28.4 Å². The molecule has 2 rings (SSSR count). The number of rotatable bonds is 6. The summed E-state index contributed by atoms with van der Waals surface area (Å²) in [5, 5.41) is 2.55. The summed E-state index contributed by atoms with van der Waals surface area (Å²) in [5.74, 6) is -0.278. The predicted molar refractivity (Wildman–Crippen MR) is 96.8 cm³/mol. The van der Waals surface area contributed by atoms with E-state index in [0.29, 0.717) is 31.8 Å². The van der Waals surface area contributed by atoms with Gasteiger partial charge >= 0.3 is 5.97 Å². The van der Waals surface area contributed by atoms with E-state index in [2.05, 4.69) is 5.32 Å². The fourth-order valence-corrected chi connectivity index (χ4v) is 6.10. The smallest absolute Gasteiger partial charge is 0.310 e. The lowest BCUT2D eigenvalue weighted by molar-refractivity contribution is -0.146. The fourth-order valence-electron chi connectivity index (χ4n) is 3.87. The van der Waals surface area contributed by atoms with E-state index in [9.17, 15) is 13.2 Å². The molecule has 0 amide bonds. The summed E-state index contributed by atoms with van der Waals surface area (Å²) in [6, 6.07) is 0. The van der Waals surface area contributed by atoms with Crippen LogP contribution in [0.15, 0.2) is 0 Å². The first kappa shape index (κ1) is 21.7. The van der Waals surface area contributed by atoms with Crippen molar-refractivity contribution in [3.63, 3.8) is 0 Å². The van der Waals surface area contributed by atoms with Gasteiger partial charge in [-0.05, 0) is 51.6 Å². The largest absolute Gasteiger partial charge is 0.469 e. The molecule has 0 radical (unpaired) electrons. The number of methoxy groups -OCH3 is 1. The average molecular weight is 383 g/mol. The van der Waals surface area contributed by atoms with Gasteiger partial charge < -0.3 is 10.1 Å². The highest BCUT2D eigenvalue weighted by Gasteiger charge is 2.43. The Kier molecular flexibility index (Phi) is 8.98. The Morgan fingerprint density at radius 3 is 2.38 bits per heavy atom. The monoisotopic (exact) mass is 382 g/mol. The summed E-state index contributed by atoms with van der Waals surface area (Å²) in [6.07, 6.45) is 5.89. The highest BCUT2D eigenvalue weighted by molar-refractivity contribution is 7.89. The molecule has 0 aromatic rings. The second kappa shape index (κ2) is 9.94. The Hall–Kier alpha value is -0.370. The lowest BCUT2D eigenvalue weighted by Crippen LogP contribution is -2.48. The van der Waals surface area contributed by atoms with Crippen LogP contribution in [0.4, 0.5) is 0 Å². The molecule has 0 aromatic carbocycles. The van der Waals surface area contributed by atoms with Crippen LogP contribution < -0.4 is 5.32 Å². The molecule has 0 bridgehead atoms. The number of carbonyl (C=O) groups excluding carboxylic acids is 1. The van der Waals surface area contributed by atoms with Gasteiger partial charge in [-0.1, -0.05) is 12.8 Å². The van der Waals surface area contributed by atoms with Crippen LogP contribution in [0.25, 0.3) is 0 Å². The van der Waals surface area contributed by atoms with Crippen molar-refractivity contribution in [3.8, 4) is 0 Å². The molecular weight excluding hydrogens is 352 g/mol. The Morgan fingerprint density at radius 2 is 1.79 bits per heavy atom. The van der Waals surface area contributed by atoms with Gasteiger partial charge in [-0.25, -0.2) is 12.7 Å². The molecule has 2 atom stereocenters. The number of esters is 1. The van der Waals surface area contributed by atoms with Crippen molar-refractivity contribution in [2.24, 2.45) is 11.8 Å². The maximum Gasteiger partial charge on any atom is 0.310 e. The van der Waals surface area contributed by atoms with Crippen LogP contribution in [-0.4, -0.2) is 57.7 Å². The number of hydrogen-bond acceptors (Lipinski definition) is 5. The zero-order chi connectivity index (χ0) is 16.9. The Labute approximate surface area is 152 Å². The average Bonchev–Trinajstić information content (AvgIpc) is 2.59. The minimum absolute atomic E-state index is 0. The molecule has 1 heterocycles. The van der Waals surface area contributed by atoms with Crippen LogP contribution in [0.1, 0.15) is 44.9 Å². The third kappa shape index (κ3) is 5.07. The lowest BCUT2D eigenvalue weighted by Gasteiger charge is -2.37. The van der Waals surface area contributed by atoms with Crippen LogP contribution in [0, 0.1) is 11.8 Å². The molecule has 2 unspecified atom stereocenters. The van der Waals surface area contributed by atoms with Crippen molar-refractivity contribution in [3.05, 3.63) is 0 Å². The molecule has 142 valence electrons. The van der Waals surface area contributed by atoms with Crippen molar-refractivity contribution in [1.82, 2.24) is 9.62 Å². The Morgan fingerprint density at radius 1 is 1.17 bits per heavy atom. The minimum atomic E-state index is -3.42. The second-order valence-corrected chi connectivity index (χ2v) is 8.88. The molecule has 8 heteroatoms. The van der Waals surface area contributed by atoms with Crippen molar-refractivity contribution in [2.75, 3.05) is 33.8 Å². The normalized spacial score (nSPS) is 26.6. The van der Waals surface area contributed by atoms with Gasteiger partial charge in [0.2, 0.25) is 10.0 Å². The second-order valence-electron chi connectivity index (χ2n) is 6.73. The summed E-state index contributed by atoms with van der Waals surface area (Å²) in [6.45, 7) is 2.15. The van der Waals surface area contributed by atoms with Crippen LogP contribution in [0.5, 0.6) is 0 Å². The zero-order valence-electron chi connectivity index (χ0n) is 14.7. The van der Waals surface area contributed by atoms with Gasteiger partial charge in [-0.3, -0.25) is 4.79 Å². The third-order valence-electron chi connectivity index (χ3n) is 5.33. The number of nitrogens with one attached hydrogen (secondary N) is 1. The molecule has 1 aliphatic heterocycles. The van der Waals surface area contributed by atoms with Crippen molar-refractivity contribution < 1.29 is 17.9 Å². The third-order valence-corrected chi connectivity index (χ3v) is 7.74. The molecule has 1 saturated heterocycles. The van der Waals surface area contributed by atoms with E-state index < -0.39 is 21.2 Å². The van der Waals surface area contributed by atoms with Gasteiger partial charge in [0.1, 0.15) is 0 Å². The summed E-state index contributed by atoms with van der Waals surface area (Å²) in [4.78, 5) is 12.0. The molecule has 1 aliphatic carbocycles. The highest BCUT2D eigenvalue weighted by atomic mass is 35.5. The first-order valence-corrected chi connectivity index (χ1v) is 10.2. The minimum Gasteiger partial charge on any atom is -0.469 e. The molecule has 1 N–H and O–H groups in total. The van der Waals surface area contributed by atoms with Crippen LogP contribution >= 0.6 is 12.4 Å². The highest BCUT2D eigenvalue weighted by Crippen LogP contribution is 2.34. The van der Waals surface area contributed by atoms with Crippen LogP contribution in [0.3, 0.4) is 0 Å². The molecule has 2 fully saturated rings. The summed E-state index contributed by atoms with van der Waals surface area (Å²) >= 11 is 0. The van der Waals surface area contributed by atoms with E-state index in [0.717, 1.165) is 38.6 Å². The summed E-state index contributed by atoms with van der Waals surface area (Å²) in [7, 11) is -0.135. The first-order chi connectivity index (χ1) is 11.0. The first-order valence-electron chi connectivity index (χ1n) is 8.72. The number of sulfonamides is 1. The SMILES string of the molecule is CNCCC1CCN(S(=O)(=O)C2CCCCC2C(=O)OC)CC1.Cl. The number of ether oxygens (including phenoxy) is 1. The predicted octanol–water partition coefficient (Wildman–Crippen LogP) is 1.79. The number of halogens is 1. The fraction of sp³-hybridized carbons (Fsp3) is 0.938. The molecule has 0 spiro atoms. The van der Waals surface area contributed by atoms with Gasteiger partial charge in [0.15, 0.2) is 0 Å². The van der Waals surface area contributed by atoms with Crippen molar-refractivity contribution in [2.45, 2.75) is 50.2 Å². The van der Waals surface area contributed by atoms with Crippen LogP contribution in [-0.2, 0) is 19.6 Å². The van der Waals surface area contributed by atoms with E-state index in [1.807, 2.05) is 7.05 Å². The molecule has 1 saturated carbocycles. The number of piperidine rings is 1. The van der Waals surface area contributed by atoms with E-state index in [-0.39, 0.29) is 18.4 Å². The van der Waals surface area contributed by atoms with E-state index in [4.69, 9.17) is 4.74 Å². The Balaban J connectivity index is 0.00000288. The maximum atomic E-state index is 13.0. The van der Waals surface area contributed by atoms with Gasteiger partial charge in [-0.2, -0.15) is 0 Å². The number of carbonyl (C=O) groups is 1. The zero-order valence-corrected chi connectivity index (χ0v) is 16.3. The molecule has 0 aromatic heterocycles. The number of nitrogens with zero attached hydrogens (tertiary/aromatic N) is 1. The van der Waals surface area contributed by atoms with E-state index >= 15 is 0 Å². The standard InChI is InChI=1S/C16H30N2O4S.ClH/c1-17-10-7-13-8-11-18(12-9-13)23(20,21)15-6-4-3-5-14(15)16(19)22-2;/h13-15,17H,3-12H2,1-2H3;1H. The maximum absolute atomic E-state index is 13.0. The van der Waals surface area contributed by atoms with Gasteiger partial charge in [0.05, 0.1) is 18.3 Å². The summed E-state index contributed by atoms with van der Waals surface area (Å²) in [5.41, 5.74) is 0. The van der Waals surface area contributed by atoms with E-state index in [1.165, 1.54) is 7.11 Å². The van der Waals surface area contributed by atoms with E-state index in [1.54, 1.807) is 4.31 Å². The van der Waals surface area contributed by atoms with Crippen molar-refractivity contribution in [1.29, 1.82) is 0 Å². The van der Waals surface area contributed by atoms with Gasteiger partial charge in [0, 0.05) is 13.1 Å². The molecule has 24 heavy (non-hydrogen) atoms. The Bertz CT molecular complexity index is 492. The quantitative estimate of drug-likeness (QED) is 0.709. The van der Waals surface area contributed by atoms with Crippen LogP contribution in [0.2, 0.25) is 0 Å². The summed E-state index contributed by atoms with van der Waals surface area (Å²) < 4.78 is 32.5. The molecule has 2 aliphatic rings. The van der Waals surface area contributed by atoms with Gasteiger partial charge in [-0.15, -0.1) is 12.4 Å².